The molecular weight excluding hydrogens is 264 g/mol. The molecule has 4 nitrogen and oxygen atoms in total. The summed E-state index contributed by atoms with van der Waals surface area (Å²) in [7, 11) is 1.72. The predicted molar refractivity (Wildman–Crippen MR) is 85.2 cm³/mol. The Morgan fingerprint density at radius 3 is 2.86 bits per heavy atom. The van der Waals surface area contributed by atoms with Crippen molar-refractivity contribution in [3.63, 3.8) is 0 Å². The Hall–Kier alpha value is -1.52. The highest BCUT2D eigenvalue weighted by molar-refractivity contribution is 5.86. The first-order chi connectivity index (χ1) is 10.3. The lowest BCUT2D eigenvalue weighted by Gasteiger charge is -2.26. The highest BCUT2D eigenvalue weighted by atomic mass is 16.5. The average molecular weight is 288 g/mol. The number of methoxy groups -OCH3 is 1. The van der Waals surface area contributed by atoms with E-state index in [2.05, 4.69) is 28.9 Å². The van der Waals surface area contributed by atoms with E-state index in [-0.39, 0.29) is 0 Å². The van der Waals surface area contributed by atoms with Crippen molar-refractivity contribution in [1.82, 2.24) is 9.88 Å². The minimum Gasteiger partial charge on any atom is -0.497 e. The van der Waals surface area contributed by atoms with E-state index >= 15 is 0 Å². The molecule has 3 rings (SSSR count). The Kier molecular flexibility index (Phi) is 4.46. The first-order valence-electron chi connectivity index (χ1n) is 7.73. The number of morpholine rings is 1. The van der Waals surface area contributed by atoms with Crippen LogP contribution in [0.3, 0.4) is 0 Å². The maximum atomic E-state index is 5.39. The highest BCUT2D eigenvalue weighted by Crippen LogP contribution is 2.27. The van der Waals surface area contributed by atoms with Gasteiger partial charge in [0.2, 0.25) is 0 Å². The molecule has 1 aromatic heterocycles. The third kappa shape index (κ3) is 3.22. The Balaban J connectivity index is 1.69. The number of nitrogens with zero attached hydrogens (tertiary/aromatic N) is 1. The summed E-state index contributed by atoms with van der Waals surface area (Å²) in [6.07, 6.45) is 2.29. The number of ether oxygens (including phenoxy) is 2. The van der Waals surface area contributed by atoms with E-state index in [1.165, 1.54) is 28.6 Å². The fourth-order valence-electron chi connectivity index (χ4n) is 3.11. The van der Waals surface area contributed by atoms with E-state index in [1.807, 2.05) is 6.07 Å². The second-order valence-electron chi connectivity index (χ2n) is 5.70. The van der Waals surface area contributed by atoms with Crippen molar-refractivity contribution < 1.29 is 9.47 Å². The topological polar surface area (TPSA) is 37.5 Å². The van der Waals surface area contributed by atoms with Crippen LogP contribution in [0.25, 0.3) is 10.9 Å². The minimum absolute atomic E-state index is 0.878. The summed E-state index contributed by atoms with van der Waals surface area (Å²) in [5.74, 6) is 0.927. The maximum absolute atomic E-state index is 5.39. The first-order valence-corrected chi connectivity index (χ1v) is 7.73. The summed E-state index contributed by atoms with van der Waals surface area (Å²) in [6.45, 7) is 7.21. The molecule has 4 heteroatoms. The molecule has 0 unspecified atom stereocenters. The van der Waals surface area contributed by atoms with Gasteiger partial charge in [0, 0.05) is 29.7 Å². The van der Waals surface area contributed by atoms with Gasteiger partial charge in [-0.05, 0) is 50.1 Å². The SMILES string of the molecule is COc1ccc2[nH]c(C)c(CCCN3CCOCC3)c2c1. The molecule has 0 atom stereocenters. The van der Waals surface area contributed by atoms with Crippen molar-refractivity contribution in [2.75, 3.05) is 40.0 Å². The molecule has 2 heterocycles. The Bertz CT molecular complexity index is 600. The summed E-state index contributed by atoms with van der Waals surface area (Å²) in [4.78, 5) is 5.97. The van der Waals surface area contributed by atoms with Crippen LogP contribution in [-0.4, -0.2) is 49.8 Å². The smallest absolute Gasteiger partial charge is 0.119 e. The van der Waals surface area contributed by atoms with E-state index in [9.17, 15) is 0 Å². The molecule has 1 fully saturated rings. The van der Waals surface area contributed by atoms with Crippen molar-refractivity contribution >= 4 is 10.9 Å². The molecule has 0 aliphatic carbocycles. The van der Waals surface area contributed by atoms with Crippen molar-refractivity contribution in [3.8, 4) is 5.75 Å². The number of rotatable bonds is 5. The highest BCUT2D eigenvalue weighted by Gasteiger charge is 2.12. The molecule has 1 aromatic carbocycles. The maximum Gasteiger partial charge on any atom is 0.119 e. The Labute approximate surface area is 126 Å². The Morgan fingerprint density at radius 1 is 1.29 bits per heavy atom. The quantitative estimate of drug-likeness (QED) is 0.919. The van der Waals surface area contributed by atoms with E-state index in [0.29, 0.717) is 0 Å². The number of aromatic amines is 1. The summed E-state index contributed by atoms with van der Waals surface area (Å²) in [5.41, 5.74) is 3.91. The molecule has 0 radical (unpaired) electrons. The van der Waals surface area contributed by atoms with Gasteiger partial charge in [-0.3, -0.25) is 4.90 Å². The number of aromatic nitrogens is 1. The fraction of sp³-hybridized carbons (Fsp3) is 0.529. The van der Waals surface area contributed by atoms with Gasteiger partial charge in [0.05, 0.1) is 20.3 Å². The van der Waals surface area contributed by atoms with Gasteiger partial charge in [0.25, 0.3) is 0 Å². The lowest BCUT2D eigenvalue weighted by Crippen LogP contribution is -2.36. The lowest BCUT2D eigenvalue weighted by atomic mass is 10.1. The molecule has 1 saturated heterocycles. The van der Waals surface area contributed by atoms with Crippen molar-refractivity contribution in [2.24, 2.45) is 0 Å². The van der Waals surface area contributed by atoms with Crippen LogP contribution < -0.4 is 4.74 Å². The monoisotopic (exact) mass is 288 g/mol. The molecule has 114 valence electrons. The Morgan fingerprint density at radius 2 is 2.10 bits per heavy atom. The molecule has 2 aromatic rings. The van der Waals surface area contributed by atoms with Crippen LogP contribution in [0.5, 0.6) is 5.75 Å². The molecule has 0 bridgehead atoms. The number of hydrogen-bond acceptors (Lipinski definition) is 3. The van der Waals surface area contributed by atoms with E-state index < -0.39 is 0 Å². The number of benzene rings is 1. The van der Waals surface area contributed by atoms with Gasteiger partial charge in [-0.1, -0.05) is 0 Å². The van der Waals surface area contributed by atoms with Crippen LogP contribution in [0, 0.1) is 6.92 Å². The van der Waals surface area contributed by atoms with Crippen molar-refractivity contribution in [1.29, 1.82) is 0 Å². The zero-order valence-electron chi connectivity index (χ0n) is 12.9. The molecule has 0 amide bonds. The van der Waals surface area contributed by atoms with Crippen molar-refractivity contribution in [2.45, 2.75) is 19.8 Å². The molecule has 1 aliphatic heterocycles. The van der Waals surface area contributed by atoms with Crippen molar-refractivity contribution in [3.05, 3.63) is 29.5 Å². The minimum atomic E-state index is 0.878. The van der Waals surface area contributed by atoms with Gasteiger partial charge in [-0.25, -0.2) is 0 Å². The van der Waals surface area contributed by atoms with Gasteiger partial charge >= 0.3 is 0 Å². The van der Waals surface area contributed by atoms with Crippen LogP contribution in [0.2, 0.25) is 0 Å². The molecule has 0 spiro atoms. The zero-order valence-corrected chi connectivity index (χ0v) is 12.9. The van der Waals surface area contributed by atoms with Crippen LogP contribution in [0.1, 0.15) is 17.7 Å². The summed E-state index contributed by atoms with van der Waals surface area (Å²) < 4.78 is 10.7. The van der Waals surface area contributed by atoms with E-state index in [0.717, 1.165) is 45.0 Å². The van der Waals surface area contributed by atoms with Gasteiger partial charge in [0.15, 0.2) is 0 Å². The van der Waals surface area contributed by atoms with Crippen LogP contribution in [0.15, 0.2) is 18.2 Å². The third-order valence-corrected chi connectivity index (χ3v) is 4.33. The second-order valence-corrected chi connectivity index (χ2v) is 5.70. The fourth-order valence-corrected chi connectivity index (χ4v) is 3.11. The van der Waals surface area contributed by atoms with Crippen LogP contribution in [-0.2, 0) is 11.2 Å². The normalized spacial score (nSPS) is 16.5. The second kappa shape index (κ2) is 6.50. The molecule has 1 aliphatic rings. The molecular formula is C17H24N2O2. The number of hydrogen-bond donors (Lipinski definition) is 1. The number of fused-ring (bicyclic) bond motifs is 1. The molecule has 0 saturated carbocycles. The van der Waals surface area contributed by atoms with Gasteiger partial charge in [0.1, 0.15) is 5.75 Å². The number of H-pyrrole nitrogens is 1. The van der Waals surface area contributed by atoms with Gasteiger partial charge < -0.3 is 14.5 Å². The number of aryl methyl sites for hydroxylation is 2. The predicted octanol–water partition coefficient (Wildman–Crippen LogP) is 2.75. The molecule has 1 N–H and O–H groups in total. The zero-order chi connectivity index (χ0) is 14.7. The van der Waals surface area contributed by atoms with E-state index in [4.69, 9.17) is 9.47 Å². The molecule has 21 heavy (non-hydrogen) atoms. The summed E-state index contributed by atoms with van der Waals surface area (Å²) in [6, 6.07) is 6.26. The largest absolute Gasteiger partial charge is 0.497 e. The summed E-state index contributed by atoms with van der Waals surface area (Å²) in [5, 5.41) is 1.30. The van der Waals surface area contributed by atoms with Gasteiger partial charge in [-0.2, -0.15) is 0 Å². The summed E-state index contributed by atoms with van der Waals surface area (Å²) >= 11 is 0. The standard InChI is InChI=1S/C17H24N2O2/c1-13-15(4-3-7-19-8-10-21-11-9-19)16-12-14(20-2)5-6-17(16)18-13/h5-6,12,18H,3-4,7-11H2,1-2H3. The first kappa shape index (κ1) is 14.4. The third-order valence-electron chi connectivity index (χ3n) is 4.33. The average Bonchev–Trinajstić information content (AvgIpc) is 2.83. The lowest BCUT2D eigenvalue weighted by molar-refractivity contribution is 0.0375. The van der Waals surface area contributed by atoms with E-state index in [1.54, 1.807) is 7.11 Å². The van der Waals surface area contributed by atoms with Crippen LogP contribution >= 0.6 is 0 Å². The van der Waals surface area contributed by atoms with Gasteiger partial charge in [-0.15, -0.1) is 0 Å². The van der Waals surface area contributed by atoms with Crippen LogP contribution in [0.4, 0.5) is 0 Å². The number of nitrogens with one attached hydrogen (secondary N) is 1.